The first-order chi connectivity index (χ1) is 16.3. The largest absolute Gasteiger partial charge is 0.493 e. The van der Waals surface area contributed by atoms with Gasteiger partial charge in [0, 0.05) is 5.41 Å². The lowest BCUT2D eigenvalue weighted by Crippen LogP contribution is -2.26. The number of aryl methyl sites for hydroxylation is 3. The van der Waals surface area contributed by atoms with E-state index in [0.717, 1.165) is 53.7 Å². The summed E-state index contributed by atoms with van der Waals surface area (Å²) in [6, 6.07) is 14.5. The van der Waals surface area contributed by atoms with E-state index < -0.39 is 11.6 Å². The molecule has 1 nitrogen and oxygen atoms in total. The summed E-state index contributed by atoms with van der Waals surface area (Å²) in [7, 11) is 0. The van der Waals surface area contributed by atoms with Crippen molar-refractivity contribution < 1.29 is 13.5 Å². The molecule has 0 N–H and O–H groups in total. The average Bonchev–Trinajstić information content (AvgIpc) is 2.85. The molecule has 0 saturated heterocycles. The zero-order chi connectivity index (χ0) is 24.9. The minimum atomic E-state index is -0.539. The lowest BCUT2D eigenvalue weighted by molar-refractivity contribution is 0.127. The minimum absolute atomic E-state index is 0.0407. The van der Waals surface area contributed by atoms with Crippen LogP contribution in [0, 0.1) is 24.0 Å². The van der Waals surface area contributed by atoms with Crippen LogP contribution in [0.4, 0.5) is 8.78 Å². The third-order valence-corrected chi connectivity index (χ3v) is 7.53. The van der Waals surface area contributed by atoms with Gasteiger partial charge in [0.15, 0.2) is 0 Å². The molecule has 3 heteroatoms. The van der Waals surface area contributed by atoms with Crippen LogP contribution in [0.3, 0.4) is 0 Å². The van der Waals surface area contributed by atoms with E-state index in [1.165, 1.54) is 12.1 Å². The maximum Gasteiger partial charge on any atom is 0.134 e. The van der Waals surface area contributed by atoms with E-state index in [1.54, 1.807) is 0 Å². The van der Waals surface area contributed by atoms with Crippen molar-refractivity contribution in [2.45, 2.75) is 73.6 Å². The van der Waals surface area contributed by atoms with Gasteiger partial charge in [-0.05, 0) is 91.1 Å². The van der Waals surface area contributed by atoms with Gasteiger partial charge in [-0.15, -0.1) is 0 Å². The molecule has 0 atom stereocenters. The SMILES string of the molecule is CCc1cc(-c2c(F)cc(-c3ccc(C)cc3)cc2F)c(CC)cc1OCC(CC)(CC)CC. The number of hydrogen-bond acceptors (Lipinski definition) is 1. The summed E-state index contributed by atoms with van der Waals surface area (Å²) >= 11 is 0. The van der Waals surface area contributed by atoms with Crippen molar-refractivity contribution in [2.75, 3.05) is 6.61 Å². The van der Waals surface area contributed by atoms with Crippen molar-refractivity contribution in [3.05, 3.63) is 76.9 Å². The fourth-order valence-corrected chi connectivity index (χ4v) is 4.63. The van der Waals surface area contributed by atoms with Gasteiger partial charge >= 0.3 is 0 Å². The zero-order valence-corrected chi connectivity index (χ0v) is 21.5. The van der Waals surface area contributed by atoms with Gasteiger partial charge in [0.05, 0.1) is 12.2 Å². The molecule has 0 heterocycles. The van der Waals surface area contributed by atoms with E-state index in [0.29, 0.717) is 24.2 Å². The first-order valence-electron chi connectivity index (χ1n) is 12.7. The quantitative estimate of drug-likeness (QED) is 0.290. The fourth-order valence-electron chi connectivity index (χ4n) is 4.63. The summed E-state index contributed by atoms with van der Waals surface area (Å²) in [4.78, 5) is 0. The van der Waals surface area contributed by atoms with Gasteiger partial charge in [0.2, 0.25) is 0 Å². The summed E-state index contributed by atoms with van der Waals surface area (Å²) in [6.07, 6.45) is 4.57. The van der Waals surface area contributed by atoms with Crippen LogP contribution in [-0.2, 0) is 12.8 Å². The second-order valence-corrected chi connectivity index (χ2v) is 9.35. The Kier molecular flexibility index (Phi) is 8.52. The third kappa shape index (κ3) is 5.35. The number of rotatable bonds is 10. The fraction of sp³-hybridized carbons (Fsp3) is 0.419. The van der Waals surface area contributed by atoms with E-state index in [9.17, 15) is 0 Å². The van der Waals surface area contributed by atoms with Gasteiger partial charge in [-0.1, -0.05) is 64.4 Å². The summed E-state index contributed by atoms with van der Waals surface area (Å²) in [5.74, 6) is -0.245. The molecule has 0 aliphatic rings. The Hall–Kier alpha value is -2.68. The van der Waals surface area contributed by atoms with Crippen LogP contribution in [0.2, 0.25) is 0 Å². The highest BCUT2D eigenvalue weighted by molar-refractivity contribution is 5.75. The molecule has 0 radical (unpaired) electrons. The van der Waals surface area contributed by atoms with Crippen LogP contribution in [0.1, 0.15) is 70.6 Å². The number of halogens is 2. The van der Waals surface area contributed by atoms with E-state index in [-0.39, 0.29) is 11.0 Å². The summed E-state index contributed by atoms with van der Waals surface area (Å²) in [5, 5.41) is 0. The molecule has 0 unspecified atom stereocenters. The Morgan fingerprint density at radius 2 is 1.26 bits per heavy atom. The molecular formula is C31H38F2O. The van der Waals surface area contributed by atoms with E-state index >= 15 is 8.78 Å². The molecule has 182 valence electrons. The number of ether oxygens (including phenoxy) is 1. The van der Waals surface area contributed by atoms with Crippen LogP contribution < -0.4 is 4.74 Å². The standard InChI is InChI=1S/C31H38F2O/c1-7-22-19-29(34-20-31(9-3,10-4)11-5)23(8-2)16-26(22)30-27(32)17-25(18-28(30)33)24-14-12-21(6)13-15-24/h12-19H,7-11,20H2,1-6H3. The van der Waals surface area contributed by atoms with Gasteiger partial charge in [-0.25, -0.2) is 8.78 Å². The Balaban J connectivity index is 2.03. The minimum Gasteiger partial charge on any atom is -0.493 e. The van der Waals surface area contributed by atoms with Crippen molar-refractivity contribution >= 4 is 0 Å². The molecule has 0 bridgehead atoms. The van der Waals surface area contributed by atoms with Crippen molar-refractivity contribution in [1.29, 1.82) is 0 Å². The Morgan fingerprint density at radius 1 is 0.706 bits per heavy atom. The topological polar surface area (TPSA) is 9.23 Å². The Morgan fingerprint density at radius 3 is 1.76 bits per heavy atom. The molecular weight excluding hydrogens is 426 g/mol. The molecule has 3 aromatic carbocycles. The van der Waals surface area contributed by atoms with Crippen molar-refractivity contribution in [2.24, 2.45) is 5.41 Å². The molecule has 0 spiro atoms. The summed E-state index contributed by atoms with van der Waals surface area (Å²) in [6.45, 7) is 13.3. The van der Waals surface area contributed by atoms with Crippen LogP contribution in [0.15, 0.2) is 48.5 Å². The molecule has 0 fully saturated rings. The highest BCUT2D eigenvalue weighted by atomic mass is 19.1. The van der Waals surface area contributed by atoms with Crippen LogP contribution in [0.25, 0.3) is 22.3 Å². The lowest BCUT2D eigenvalue weighted by Gasteiger charge is -2.31. The van der Waals surface area contributed by atoms with E-state index in [1.807, 2.05) is 50.2 Å². The van der Waals surface area contributed by atoms with Gasteiger partial charge in [0.1, 0.15) is 17.4 Å². The van der Waals surface area contributed by atoms with Gasteiger partial charge in [-0.2, -0.15) is 0 Å². The van der Waals surface area contributed by atoms with Crippen LogP contribution in [-0.4, -0.2) is 6.61 Å². The van der Waals surface area contributed by atoms with Gasteiger partial charge < -0.3 is 4.74 Å². The van der Waals surface area contributed by atoms with E-state index in [2.05, 4.69) is 27.7 Å². The summed E-state index contributed by atoms with van der Waals surface area (Å²) < 4.78 is 37.1. The highest BCUT2D eigenvalue weighted by Gasteiger charge is 2.26. The van der Waals surface area contributed by atoms with Crippen LogP contribution >= 0.6 is 0 Å². The van der Waals surface area contributed by atoms with E-state index in [4.69, 9.17) is 4.74 Å². The highest BCUT2D eigenvalue weighted by Crippen LogP contribution is 2.38. The second-order valence-electron chi connectivity index (χ2n) is 9.35. The van der Waals surface area contributed by atoms with Crippen molar-refractivity contribution in [3.63, 3.8) is 0 Å². The van der Waals surface area contributed by atoms with Crippen LogP contribution in [0.5, 0.6) is 5.75 Å². The monoisotopic (exact) mass is 464 g/mol. The molecule has 0 aromatic heterocycles. The molecule has 0 aliphatic heterocycles. The average molecular weight is 465 g/mol. The lowest BCUT2D eigenvalue weighted by atomic mass is 9.81. The molecule has 3 aromatic rings. The normalized spacial score (nSPS) is 11.6. The van der Waals surface area contributed by atoms with Crippen molar-refractivity contribution in [1.82, 2.24) is 0 Å². The molecule has 0 saturated carbocycles. The Bertz CT molecular complexity index is 1080. The Labute approximate surface area is 204 Å². The first-order valence-corrected chi connectivity index (χ1v) is 12.7. The number of benzene rings is 3. The maximum absolute atomic E-state index is 15.4. The predicted octanol–water partition coefficient (Wildman–Crippen LogP) is 9.33. The second kappa shape index (κ2) is 11.2. The molecule has 34 heavy (non-hydrogen) atoms. The zero-order valence-electron chi connectivity index (χ0n) is 21.5. The first kappa shape index (κ1) is 25.9. The predicted molar refractivity (Wildman–Crippen MR) is 140 cm³/mol. The smallest absolute Gasteiger partial charge is 0.134 e. The maximum atomic E-state index is 15.4. The van der Waals surface area contributed by atoms with Gasteiger partial charge in [0.25, 0.3) is 0 Å². The summed E-state index contributed by atoms with van der Waals surface area (Å²) in [5.41, 5.74) is 5.13. The molecule has 0 amide bonds. The third-order valence-electron chi connectivity index (χ3n) is 7.53. The van der Waals surface area contributed by atoms with Gasteiger partial charge in [-0.3, -0.25) is 0 Å². The molecule has 3 rings (SSSR count). The van der Waals surface area contributed by atoms with Crippen molar-refractivity contribution in [3.8, 4) is 28.0 Å². The number of hydrogen-bond donors (Lipinski definition) is 0. The molecule has 0 aliphatic carbocycles.